The second-order valence-corrected chi connectivity index (χ2v) is 4.28. The zero-order chi connectivity index (χ0) is 14.8. The van der Waals surface area contributed by atoms with Gasteiger partial charge in [-0.25, -0.2) is 9.97 Å². The van der Waals surface area contributed by atoms with Gasteiger partial charge in [0.1, 0.15) is 24.6 Å². The number of nitrogens with zero attached hydrogens (tertiary/aromatic N) is 2. The van der Waals surface area contributed by atoms with Crippen molar-refractivity contribution in [1.29, 1.82) is 0 Å². The number of amides is 1. The maximum absolute atomic E-state index is 10.5. The van der Waals surface area contributed by atoms with Gasteiger partial charge in [0, 0.05) is 18.7 Å². The van der Waals surface area contributed by atoms with Crippen LogP contribution >= 0.6 is 0 Å². The number of aromatic nitrogens is 2. The SMILES string of the molecule is CCCNc1ncnc(NCCOCC(N)=O)c1CC. The van der Waals surface area contributed by atoms with Crippen molar-refractivity contribution in [1.82, 2.24) is 9.97 Å². The third-order valence-corrected chi connectivity index (χ3v) is 2.62. The van der Waals surface area contributed by atoms with E-state index in [-0.39, 0.29) is 6.61 Å². The smallest absolute Gasteiger partial charge is 0.243 e. The molecule has 0 aromatic carbocycles. The van der Waals surface area contributed by atoms with Gasteiger partial charge >= 0.3 is 0 Å². The maximum atomic E-state index is 10.5. The minimum absolute atomic E-state index is 0.0601. The van der Waals surface area contributed by atoms with Crippen molar-refractivity contribution >= 4 is 17.5 Å². The van der Waals surface area contributed by atoms with Crippen molar-refractivity contribution in [2.75, 3.05) is 36.9 Å². The van der Waals surface area contributed by atoms with Crippen molar-refractivity contribution in [3.63, 3.8) is 0 Å². The Labute approximate surface area is 119 Å². The van der Waals surface area contributed by atoms with Crippen LogP contribution in [0.15, 0.2) is 6.33 Å². The summed E-state index contributed by atoms with van der Waals surface area (Å²) in [6.45, 7) is 5.94. The first-order valence-electron chi connectivity index (χ1n) is 6.86. The Morgan fingerprint density at radius 3 is 2.45 bits per heavy atom. The van der Waals surface area contributed by atoms with Gasteiger partial charge in [0.15, 0.2) is 0 Å². The number of ether oxygens (including phenoxy) is 1. The molecule has 1 aromatic heterocycles. The lowest BCUT2D eigenvalue weighted by Crippen LogP contribution is -2.21. The number of hydrogen-bond acceptors (Lipinski definition) is 6. The normalized spacial score (nSPS) is 10.3. The van der Waals surface area contributed by atoms with Gasteiger partial charge < -0.3 is 21.1 Å². The number of carbonyl (C=O) groups excluding carboxylic acids is 1. The predicted molar refractivity (Wildman–Crippen MR) is 78.7 cm³/mol. The molecule has 0 atom stereocenters. The Morgan fingerprint density at radius 1 is 1.25 bits per heavy atom. The molecule has 0 fully saturated rings. The van der Waals surface area contributed by atoms with Crippen molar-refractivity contribution in [3.8, 4) is 0 Å². The Hall–Kier alpha value is -1.89. The highest BCUT2D eigenvalue weighted by Gasteiger charge is 2.08. The molecule has 20 heavy (non-hydrogen) atoms. The van der Waals surface area contributed by atoms with Gasteiger partial charge in [-0.05, 0) is 12.8 Å². The van der Waals surface area contributed by atoms with E-state index in [1.165, 1.54) is 6.33 Å². The van der Waals surface area contributed by atoms with E-state index in [9.17, 15) is 4.79 Å². The number of nitrogens with one attached hydrogen (secondary N) is 2. The third-order valence-electron chi connectivity index (χ3n) is 2.62. The minimum atomic E-state index is -0.465. The molecule has 0 aliphatic carbocycles. The largest absolute Gasteiger partial charge is 0.370 e. The van der Waals surface area contributed by atoms with E-state index < -0.39 is 5.91 Å². The van der Waals surface area contributed by atoms with Crippen LogP contribution in [-0.2, 0) is 16.0 Å². The van der Waals surface area contributed by atoms with Crippen LogP contribution in [0.2, 0.25) is 0 Å². The summed E-state index contributed by atoms with van der Waals surface area (Å²) < 4.78 is 5.09. The second-order valence-electron chi connectivity index (χ2n) is 4.28. The van der Waals surface area contributed by atoms with Crippen LogP contribution in [0.5, 0.6) is 0 Å². The van der Waals surface area contributed by atoms with Gasteiger partial charge in [-0.3, -0.25) is 4.79 Å². The molecule has 0 bridgehead atoms. The van der Waals surface area contributed by atoms with E-state index in [2.05, 4.69) is 34.4 Å². The van der Waals surface area contributed by atoms with Crippen LogP contribution in [-0.4, -0.2) is 42.2 Å². The zero-order valence-corrected chi connectivity index (χ0v) is 12.1. The first-order chi connectivity index (χ1) is 9.69. The number of rotatable bonds is 10. The van der Waals surface area contributed by atoms with Crippen LogP contribution in [0.1, 0.15) is 25.8 Å². The molecule has 4 N–H and O–H groups in total. The molecule has 0 radical (unpaired) electrons. The molecule has 0 saturated heterocycles. The zero-order valence-electron chi connectivity index (χ0n) is 12.1. The van der Waals surface area contributed by atoms with E-state index in [0.29, 0.717) is 13.2 Å². The van der Waals surface area contributed by atoms with Crippen LogP contribution in [0.25, 0.3) is 0 Å². The fourth-order valence-electron chi connectivity index (χ4n) is 1.71. The van der Waals surface area contributed by atoms with Gasteiger partial charge in [0.2, 0.25) is 5.91 Å². The van der Waals surface area contributed by atoms with Gasteiger partial charge in [0.25, 0.3) is 0 Å². The fourth-order valence-corrected chi connectivity index (χ4v) is 1.71. The standard InChI is InChI=1S/C13H23N5O2/c1-3-5-15-12-10(4-2)13(18-9-17-12)16-6-7-20-8-11(14)19/h9H,3-8H2,1-2H3,(H2,14,19)(H2,15,16,17,18). The molecule has 7 heteroatoms. The molecular weight excluding hydrogens is 258 g/mol. The van der Waals surface area contributed by atoms with E-state index in [0.717, 1.165) is 36.6 Å². The molecule has 0 spiro atoms. The van der Waals surface area contributed by atoms with Crippen molar-refractivity contribution in [2.24, 2.45) is 5.73 Å². The quantitative estimate of drug-likeness (QED) is 0.548. The average molecular weight is 281 g/mol. The summed E-state index contributed by atoms with van der Waals surface area (Å²) in [6.07, 6.45) is 3.40. The first kappa shape index (κ1) is 16.2. The second kappa shape index (κ2) is 9.08. The van der Waals surface area contributed by atoms with E-state index in [1.807, 2.05) is 0 Å². The molecule has 0 aliphatic rings. The topological polar surface area (TPSA) is 102 Å². The highest BCUT2D eigenvalue weighted by Crippen LogP contribution is 2.20. The third kappa shape index (κ3) is 5.40. The highest BCUT2D eigenvalue weighted by atomic mass is 16.5. The molecule has 0 saturated carbocycles. The Morgan fingerprint density at radius 2 is 1.90 bits per heavy atom. The van der Waals surface area contributed by atoms with Gasteiger partial charge in [-0.2, -0.15) is 0 Å². The van der Waals surface area contributed by atoms with Crippen molar-refractivity contribution in [3.05, 3.63) is 11.9 Å². The summed E-state index contributed by atoms with van der Waals surface area (Å²) in [5.74, 6) is 1.20. The maximum Gasteiger partial charge on any atom is 0.243 e. The summed E-state index contributed by atoms with van der Waals surface area (Å²) in [5, 5.41) is 6.47. The minimum Gasteiger partial charge on any atom is -0.370 e. The lowest BCUT2D eigenvalue weighted by atomic mass is 10.2. The molecule has 1 amide bonds. The molecule has 1 heterocycles. The molecule has 0 aliphatic heterocycles. The number of anilines is 2. The Bertz CT molecular complexity index is 425. The monoisotopic (exact) mass is 281 g/mol. The van der Waals surface area contributed by atoms with Crippen molar-refractivity contribution < 1.29 is 9.53 Å². The molecule has 0 unspecified atom stereocenters. The summed E-state index contributed by atoms with van der Waals surface area (Å²) in [5.41, 5.74) is 6.04. The number of nitrogens with two attached hydrogens (primary N) is 1. The summed E-state index contributed by atoms with van der Waals surface area (Å²) in [4.78, 5) is 19.0. The molecule has 112 valence electrons. The van der Waals surface area contributed by atoms with Crippen LogP contribution in [0.4, 0.5) is 11.6 Å². The first-order valence-corrected chi connectivity index (χ1v) is 6.86. The fraction of sp³-hybridized carbons (Fsp3) is 0.615. The van der Waals surface area contributed by atoms with Crippen LogP contribution in [0.3, 0.4) is 0 Å². The van der Waals surface area contributed by atoms with Gasteiger partial charge in [-0.15, -0.1) is 0 Å². The molecular formula is C13H23N5O2. The number of primary amides is 1. The lowest BCUT2D eigenvalue weighted by molar-refractivity contribution is -0.122. The van der Waals surface area contributed by atoms with Crippen LogP contribution in [0, 0.1) is 0 Å². The highest BCUT2D eigenvalue weighted by molar-refractivity contribution is 5.74. The van der Waals surface area contributed by atoms with E-state index in [1.54, 1.807) is 0 Å². The van der Waals surface area contributed by atoms with E-state index in [4.69, 9.17) is 10.5 Å². The summed E-state index contributed by atoms with van der Waals surface area (Å²) >= 11 is 0. The van der Waals surface area contributed by atoms with E-state index >= 15 is 0 Å². The Balaban J connectivity index is 2.53. The average Bonchev–Trinajstić information content (AvgIpc) is 2.44. The van der Waals surface area contributed by atoms with Gasteiger partial charge in [0.05, 0.1) is 6.61 Å². The molecule has 1 rings (SSSR count). The number of hydrogen-bond donors (Lipinski definition) is 3. The lowest BCUT2D eigenvalue weighted by Gasteiger charge is -2.14. The molecule has 1 aromatic rings. The van der Waals surface area contributed by atoms with Crippen LogP contribution < -0.4 is 16.4 Å². The number of carbonyl (C=O) groups is 1. The summed E-state index contributed by atoms with van der Waals surface area (Å²) in [6, 6.07) is 0. The Kier molecular flexibility index (Phi) is 7.34. The van der Waals surface area contributed by atoms with Crippen molar-refractivity contribution in [2.45, 2.75) is 26.7 Å². The predicted octanol–water partition coefficient (Wildman–Crippen LogP) is 0.775. The summed E-state index contributed by atoms with van der Waals surface area (Å²) in [7, 11) is 0. The molecule has 7 nitrogen and oxygen atoms in total. The van der Waals surface area contributed by atoms with Gasteiger partial charge in [-0.1, -0.05) is 13.8 Å².